The van der Waals surface area contributed by atoms with E-state index in [4.69, 9.17) is 19.3 Å². The van der Waals surface area contributed by atoms with Crippen LogP contribution in [0.5, 0.6) is 11.5 Å². The number of carbonyl (C=O) groups is 2. The smallest absolute Gasteiger partial charge is 0.290 e. The van der Waals surface area contributed by atoms with Gasteiger partial charge < -0.3 is 29.3 Å². The summed E-state index contributed by atoms with van der Waals surface area (Å²) in [5.74, 6) is -0.864. The second kappa shape index (κ2) is 11.3. The van der Waals surface area contributed by atoms with Gasteiger partial charge in [0, 0.05) is 12.1 Å². The predicted octanol–water partition coefficient (Wildman–Crippen LogP) is 2.69. The number of carbonyl (C=O) groups excluding carboxylic acids is 2. The molecule has 3 rings (SSSR count). The number of methoxy groups -OCH3 is 2. The van der Waals surface area contributed by atoms with Crippen LogP contribution in [-0.4, -0.2) is 67.4 Å². The van der Waals surface area contributed by atoms with Gasteiger partial charge in [0.1, 0.15) is 11.5 Å². The van der Waals surface area contributed by atoms with Crippen molar-refractivity contribution in [3.05, 3.63) is 77.1 Å². The fraction of sp³-hybridized carbons (Fsp3) is 0.280. The molecule has 0 aromatic heterocycles. The first kappa shape index (κ1) is 24.0. The molecule has 0 aliphatic carbocycles. The van der Waals surface area contributed by atoms with E-state index >= 15 is 0 Å². The van der Waals surface area contributed by atoms with E-state index in [1.807, 2.05) is 30.3 Å². The van der Waals surface area contributed by atoms with E-state index < -0.39 is 23.5 Å². The number of nitrogens with zero attached hydrogens (tertiary/aromatic N) is 1. The lowest BCUT2D eigenvalue weighted by atomic mass is 9.94. The molecule has 33 heavy (non-hydrogen) atoms. The largest absolute Gasteiger partial charge is 0.503 e. The first-order chi connectivity index (χ1) is 16.0. The molecule has 0 saturated heterocycles. The predicted molar refractivity (Wildman–Crippen MR) is 122 cm³/mol. The summed E-state index contributed by atoms with van der Waals surface area (Å²) < 4.78 is 16.1. The standard InChI is InChI=1S/C25H27NO7/c1-31-18-9-11-21(32-2)19(16-18)23-22(20(28)10-8-17-6-4-3-5-7-17)24(29)25(30)26(23)12-14-33-15-13-27/h3-11,16,23,27,29H,12-15H2,1-2H3. The van der Waals surface area contributed by atoms with Crippen molar-refractivity contribution in [2.75, 3.05) is 40.6 Å². The highest BCUT2D eigenvalue weighted by Gasteiger charge is 2.44. The fourth-order valence-electron chi connectivity index (χ4n) is 3.67. The number of benzene rings is 2. The van der Waals surface area contributed by atoms with Gasteiger partial charge in [-0.1, -0.05) is 36.4 Å². The van der Waals surface area contributed by atoms with Gasteiger partial charge in [-0.25, -0.2) is 0 Å². The van der Waals surface area contributed by atoms with Crippen molar-refractivity contribution in [3.63, 3.8) is 0 Å². The van der Waals surface area contributed by atoms with Crippen molar-refractivity contribution in [1.82, 2.24) is 4.90 Å². The Kier molecular flexibility index (Phi) is 8.23. The van der Waals surface area contributed by atoms with Crippen LogP contribution in [0, 0.1) is 0 Å². The van der Waals surface area contributed by atoms with E-state index in [2.05, 4.69) is 0 Å². The molecule has 1 amide bonds. The van der Waals surface area contributed by atoms with Crippen LogP contribution in [0.4, 0.5) is 0 Å². The Morgan fingerprint density at radius 2 is 1.85 bits per heavy atom. The van der Waals surface area contributed by atoms with Crippen molar-refractivity contribution in [3.8, 4) is 11.5 Å². The Bertz CT molecular complexity index is 1050. The van der Waals surface area contributed by atoms with Crippen LogP contribution in [-0.2, 0) is 14.3 Å². The number of aliphatic hydroxyl groups is 2. The van der Waals surface area contributed by atoms with Gasteiger partial charge in [-0.05, 0) is 29.8 Å². The molecule has 0 saturated carbocycles. The highest BCUT2D eigenvalue weighted by atomic mass is 16.5. The van der Waals surface area contributed by atoms with E-state index in [1.165, 1.54) is 25.2 Å². The summed E-state index contributed by atoms with van der Waals surface area (Å²) in [6.07, 6.45) is 2.96. The summed E-state index contributed by atoms with van der Waals surface area (Å²) in [5.41, 5.74) is 1.24. The number of hydrogen-bond donors (Lipinski definition) is 2. The zero-order chi connectivity index (χ0) is 23.8. The molecule has 0 fully saturated rings. The van der Waals surface area contributed by atoms with E-state index in [0.717, 1.165) is 5.56 Å². The monoisotopic (exact) mass is 453 g/mol. The molecule has 2 aromatic rings. The normalized spacial score (nSPS) is 16.0. The van der Waals surface area contributed by atoms with Crippen LogP contribution in [0.2, 0.25) is 0 Å². The molecule has 1 aliphatic heterocycles. The third kappa shape index (κ3) is 5.42. The molecule has 174 valence electrons. The van der Waals surface area contributed by atoms with E-state index in [-0.39, 0.29) is 31.9 Å². The molecule has 1 aliphatic rings. The van der Waals surface area contributed by atoms with Crippen LogP contribution < -0.4 is 9.47 Å². The van der Waals surface area contributed by atoms with Gasteiger partial charge in [0.15, 0.2) is 11.5 Å². The Morgan fingerprint density at radius 3 is 2.52 bits per heavy atom. The maximum Gasteiger partial charge on any atom is 0.290 e. The number of aliphatic hydroxyl groups excluding tert-OH is 2. The van der Waals surface area contributed by atoms with E-state index in [0.29, 0.717) is 17.1 Å². The van der Waals surface area contributed by atoms with Crippen molar-refractivity contribution >= 4 is 17.8 Å². The van der Waals surface area contributed by atoms with Gasteiger partial charge >= 0.3 is 0 Å². The minimum absolute atomic E-state index is 0.0547. The Hall–Kier alpha value is -3.62. The van der Waals surface area contributed by atoms with Crippen molar-refractivity contribution in [1.29, 1.82) is 0 Å². The van der Waals surface area contributed by atoms with Crippen molar-refractivity contribution < 1.29 is 34.0 Å². The van der Waals surface area contributed by atoms with Crippen LogP contribution in [0.1, 0.15) is 17.2 Å². The summed E-state index contributed by atoms with van der Waals surface area (Å²) in [7, 11) is 2.99. The Morgan fingerprint density at radius 1 is 1.09 bits per heavy atom. The van der Waals surface area contributed by atoms with Crippen LogP contribution in [0.3, 0.4) is 0 Å². The summed E-state index contributed by atoms with van der Waals surface area (Å²) in [4.78, 5) is 27.5. The molecule has 1 heterocycles. The first-order valence-corrected chi connectivity index (χ1v) is 10.4. The number of hydrogen-bond acceptors (Lipinski definition) is 7. The molecule has 0 bridgehead atoms. The summed E-state index contributed by atoms with van der Waals surface area (Å²) in [6.45, 7) is 0.162. The SMILES string of the molecule is COc1ccc(OC)c(C2C(C(=O)C=Cc3ccccc3)=C(O)C(=O)N2CCOCCO)c1. The van der Waals surface area contributed by atoms with Gasteiger partial charge in [0.05, 0.1) is 45.7 Å². The number of ketones is 1. The number of ether oxygens (including phenoxy) is 3. The van der Waals surface area contributed by atoms with Gasteiger partial charge in [0.25, 0.3) is 5.91 Å². The maximum atomic E-state index is 13.2. The Balaban J connectivity index is 2.02. The lowest BCUT2D eigenvalue weighted by Gasteiger charge is -2.28. The number of amides is 1. The van der Waals surface area contributed by atoms with Crippen molar-refractivity contribution in [2.45, 2.75) is 6.04 Å². The molecule has 2 aromatic carbocycles. The van der Waals surface area contributed by atoms with Gasteiger partial charge in [0.2, 0.25) is 0 Å². The molecule has 1 atom stereocenters. The highest BCUT2D eigenvalue weighted by Crippen LogP contribution is 2.42. The molecule has 8 heteroatoms. The number of rotatable bonds is 11. The Labute approximate surface area is 192 Å². The fourth-order valence-corrected chi connectivity index (χ4v) is 3.67. The average molecular weight is 453 g/mol. The zero-order valence-corrected chi connectivity index (χ0v) is 18.6. The van der Waals surface area contributed by atoms with E-state index in [1.54, 1.807) is 24.3 Å². The minimum Gasteiger partial charge on any atom is -0.503 e. The van der Waals surface area contributed by atoms with Crippen molar-refractivity contribution in [2.24, 2.45) is 0 Å². The number of allylic oxidation sites excluding steroid dienone is 1. The third-order valence-electron chi connectivity index (χ3n) is 5.24. The molecule has 2 N–H and O–H groups in total. The second-order valence-corrected chi connectivity index (χ2v) is 7.22. The van der Waals surface area contributed by atoms with Gasteiger partial charge in [-0.15, -0.1) is 0 Å². The molecular weight excluding hydrogens is 426 g/mol. The third-order valence-corrected chi connectivity index (χ3v) is 5.24. The molecule has 0 spiro atoms. The lowest BCUT2D eigenvalue weighted by Crippen LogP contribution is -2.34. The lowest BCUT2D eigenvalue weighted by molar-refractivity contribution is -0.130. The zero-order valence-electron chi connectivity index (χ0n) is 18.6. The molecule has 1 unspecified atom stereocenters. The van der Waals surface area contributed by atoms with Crippen LogP contribution >= 0.6 is 0 Å². The quantitative estimate of drug-likeness (QED) is 0.398. The van der Waals surface area contributed by atoms with Gasteiger partial charge in [-0.3, -0.25) is 9.59 Å². The van der Waals surface area contributed by atoms with E-state index in [9.17, 15) is 14.7 Å². The first-order valence-electron chi connectivity index (χ1n) is 10.4. The highest BCUT2D eigenvalue weighted by molar-refractivity contribution is 6.14. The molecule has 0 radical (unpaired) electrons. The topological polar surface area (TPSA) is 106 Å². The van der Waals surface area contributed by atoms with Crippen LogP contribution in [0.15, 0.2) is 65.9 Å². The average Bonchev–Trinajstić information content (AvgIpc) is 3.10. The second-order valence-electron chi connectivity index (χ2n) is 7.22. The molecular formula is C25H27NO7. The van der Waals surface area contributed by atoms with Gasteiger partial charge in [-0.2, -0.15) is 0 Å². The summed E-state index contributed by atoms with van der Waals surface area (Å²) in [5, 5.41) is 19.6. The summed E-state index contributed by atoms with van der Waals surface area (Å²) in [6, 6.07) is 13.4. The minimum atomic E-state index is -0.909. The molecule has 8 nitrogen and oxygen atoms in total. The van der Waals surface area contributed by atoms with Crippen LogP contribution in [0.25, 0.3) is 6.08 Å². The summed E-state index contributed by atoms with van der Waals surface area (Å²) >= 11 is 0. The maximum absolute atomic E-state index is 13.2.